The molecule has 42 heavy (non-hydrogen) atoms. The molecule has 5 rings (SSSR count). The highest BCUT2D eigenvalue weighted by Crippen LogP contribution is 2.22. The van der Waals surface area contributed by atoms with Gasteiger partial charge in [-0.3, -0.25) is 23.6 Å². The predicted octanol–water partition coefficient (Wildman–Crippen LogP) is 3.47. The van der Waals surface area contributed by atoms with Crippen LogP contribution in [0.1, 0.15) is 41.6 Å². The molecule has 0 aliphatic carbocycles. The molecule has 1 saturated heterocycles. The van der Waals surface area contributed by atoms with Gasteiger partial charge in [-0.25, -0.2) is 9.37 Å². The van der Waals surface area contributed by atoms with E-state index in [0.717, 1.165) is 56.6 Å². The molecule has 1 aliphatic heterocycles. The number of amides is 2. The first-order chi connectivity index (χ1) is 20.2. The lowest BCUT2D eigenvalue weighted by atomic mass is 10.1. The SMILES string of the molecule is CC(C)(C)OCCNC(=O)c1ccc(F)c(NC(=O)c2cnc3cc(-c4cnn(CCN5CCOCC5)c4)ccn23)c1. The van der Waals surface area contributed by atoms with E-state index in [1.165, 1.54) is 18.3 Å². The molecule has 4 aromatic rings. The van der Waals surface area contributed by atoms with E-state index in [0.29, 0.717) is 18.8 Å². The van der Waals surface area contributed by atoms with Gasteiger partial charge in [-0.15, -0.1) is 0 Å². The summed E-state index contributed by atoms with van der Waals surface area (Å²) in [5.41, 5.74) is 2.44. The van der Waals surface area contributed by atoms with Crippen molar-refractivity contribution in [1.29, 1.82) is 0 Å². The zero-order chi connectivity index (χ0) is 29.7. The second kappa shape index (κ2) is 12.8. The minimum atomic E-state index is -0.655. The number of pyridine rings is 1. The van der Waals surface area contributed by atoms with Crippen molar-refractivity contribution in [1.82, 2.24) is 29.4 Å². The largest absolute Gasteiger partial charge is 0.379 e. The lowest BCUT2D eigenvalue weighted by Crippen LogP contribution is -2.38. The van der Waals surface area contributed by atoms with E-state index in [9.17, 15) is 14.0 Å². The molecule has 4 heterocycles. The number of fused-ring (bicyclic) bond motifs is 1. The summed E-state index contributed by atoms with van der Waals surface area (Å²) in [5, 5.41) is 9.81. The maximum atomic E-state index is 14.6. The van der Waals surface area contributed by atoms with E-state index in [1.807, 2.05) is 50.0 Å². The van der Waals surface area contributed by atoms with Crippen molar-refractivity contribution >= 4 is 23.1 Å². The van der Waals surface area contributed by atoms with Crippen LogP contribution in [0.4, 0.5) is 10.1 Å². The number of anilines is 1. The van der Waals surface area contributed by atoms with Gasteiger partial charge >= 0.3 is 0 Å². The maximum Gasteiger partial charge on any atom is 0.274 e. The summed E-state index contributed by atoms with van der Waals surface area (Å²) in [6.07, 6.45) is 6.99. The molecule has 1 aliphatic rings. The third-order valence-electron chi connectivity index (χ3n) is 6.86. The van der Waals surface area contributed by atoms with Gasteiger partial charge in [0.25, 0.3) is 11.8 Å². The lowest BCUT2D eigenvalue weighted by Gasteiger charge is -2.26. The summed E-state index contributed by atoms with van der Waals surface area (Å²) in [6.45, 7) is 11.5. The van der Waals surface area contributed by atoms with Gasteiger partial charge in [0.05, 0.1) is 50.0 Å². The number of nitrogens with zero attached hydrogens (tertiary/aromatic N) is 5. The zero-order valence-corrected chi connectivity index (χ0v) is 24.1. The van der Waals surface area contributed by atoms with Crippen LogP contribution in [0.25, 0.3) is 16.8 Å². The van der Waals surface area contributed by atoms with Crippen LogP contribution >= 0.6 is 0 Å². The summed E-state index contributed by atoms with van der Waals surface area (Å²) in [6, 6.07) is 7.58. The number of carbonyl (C=O) groups excluding carboxylic acids is 2. The van der Waals surface area contributed by atoms with Crippen molar-refractivity contribution in [2.45, 2.75) is 32.9 Å². The Kier molecular flexibility index (Phi) is 8.95. The van der Waals surface area contributed by atoms with Crippen LogP contribution in [0.15, 0.2) is 55.1 Å². The molecule has 0 saturated carbocycles. The van der Waals surface area contributed by atoms with Crippen LogP contribution in [0.2, 0.25) is 0 Å². The Morgan fingerprint density at radius 2 is 1.86 bits per heavy atom. The van der Waals surface area contributed by atoms with Crippen molar-refractivity contribution in [2.75, 3.05) is 51.3 Å². The molecule has 2 N–H and O–H groups in total. The van der Waals surface area contributed by atoms with E-state index < -0.39 is 17.6 Å². The quantitative estimate of drug-likeness (QED) is 0.278. The highest BCUT2D eigenvalue weighted by Gasteiger charge is 2.18. The summed E-state index contributed by atoms with van der Waals surface area (Å²) >= 11 is 0. The van der Waals surface area contributed by atoms with Gasteiger partial charge in [0, 0.05) is 49.7 Å². The highest BCUT2D eigenvalue weighted by molar-refractivity contribution is 6.04. The van der Waals surface area contributed by atoms with Crippen molar-refractivity contribution in [2.24, 2.45) is 0 Å². The smallest absolute Gasteiger partial charge is 0.274 e. The van der Waals surface area contributed by atoms with Crippen molar-refractivity contribution in [3.63, 3.8) is 0 Å². The number of benzene rings is 1. The number of halogens is 1. The molecule has 1 fully saturated rings. The molecule has 3 aromatic heterocycles. The molecular formula is C30H36FN7O4. The summed E-state index contributed by atoms with van der Waals surface area (Å²) in [7, 11) is 0. The highest BCUT2D eigenvalue weighted by atomic mass is 19.1. The lowest BCUT2D eigenvalue weighted by molar-refractivity contribution is -0.000655. The standard InChI is InChI=1S/C30H36FN7O4/c1-30(2,3)42-13-7-32-28(39)22-4-5-24(31)25(16-22)35-29(40)26-19-33-27-17-21(6-8-38(26)27)23-18-34-37(20-23)10-9-36-11-14-41-15-12-36/h4-6,8,16-20H,7,9-15H2,1-3H3,(H,32,39)(H,35,40). The van der Waals surface area contributed by atoms with E-state index in [-0.39, 0.29) is 22.5 Å². The molecule has 11 nitrogen and oxygen atoms in total. The first-order valence-electron chi connectivity index (χ1n) is 14.0. The number of hydrogen-bond acceptors (Lipinski definition) is 7. The second-order valence-electron chi connectivity index (χ2n) is 11.1. The monoisotopic (exact) mass is 577 g/mol. The normalized spacial score (nSPS) is 14.3. The zero-order valence-electron chi connectivity index (χ0n) is 24.1. The third-order valence-corrected chi connectivity index (χ3v) is 6.86. The van der Waals surface area contributed by atoms with E-state index in [4.69, 9.17) is 9.47 Å². The number of aromatic nitrogens is 4. The Balaban J connectivity index is 1.22. The first kappa shape index (κ1) is 29.4. The summed E-state index contributed by atoms with van der Waals surface area (Å²) < 4.78 is 29.1. The number of hydrogen-bond donors (Lipinski definition) is 2. The Hall–Kier alpha value is -4.13. The molecule has 0 spiro atoms. The van der Waals surface area contributed by atoms with Crippen LogP contribution in [-0.2, 0) is 16.0 Å². The number of rotatable bonds is 10. The van der Waals surface area contributed by atoms with E-state index in [1.54, 1.807) is 10.6 Å². The van der Waals surface area contributed by atoms with Gasteiger partial charge in [0.2, 0.25) is 0 Å². The Morgan fingerprint density at radius 1 is 1.05 bits per heavy atom. The fourth-order valence-electron chi connectivity index (χ4n) is 4.60. The average Bonchev–Trinajstić information content (AvgIpc) is 3.62. The Labute approximate surface area is 243 Å². The minimum absolute atomic E-state index is 0.102. The third kappa shape index (κ3) is 7.38. The van der Waals surface area contributed by atoms with Crippen molar-refractivity contribution < 1.29 is 23.5 Å². The van der Waals surface area contributed by atoms with Crippen LogP contribution < -0.4 is 10.6 Å². The molecule has 0 radical (unpaired) electrons. The fourth-order valence-corrected chi connectivity index (χ4v) is 4.60. The number of morpholine rings is 1. The van der Waals surface area contributed by atoms with Gasteiger partial charge in [-0.1, -0.05) is 0 Å². The number of imidazole rings is 1. The Morgan fingerprint density at radius 3 is 2.64 bits per heavy atom. The van der Waals surface area contributed by atoms with Crippen LogP contribution in [0, 0.1) is 5.82 Å². The van der Waals surface area contributed by atoms with Gasteiger partial charge in [0.1, 0.15) is 17.2 Å². The van der Waals surface area contributed by atoms with Crippen LogP contribution in [-0.4, -0.2) is 87.5 Å². The molecule has 0 atom stereocenters. The first-order valence-corrected chi connectivity index (χ1v) is 14.0. The molecule has 0 unspecified atom stereocenters. The molecule has 1 aromatic carbocycles. The molecular weight excluding hydrogens is 541 g/mol. The molecule has 0 bridgehead atoms. The number of nitrogens with one attached hydrogen (secondary N) is 2. The van der Waals surface area contributed by atoms with Gasteiger partial charge in [-0.05, 0) is 56.7 Å². The average molecular weight is 578 g/mol. The van der Waals surface area contributed by atoms with E-state index in [2.05, 4.69) is 25.6 Å². The number of carbonyl (C=O) groups is 2. The second-order valence-corrected chi connectivity index (χ2v) is 11.1. The van der Waals surface area contributed by atoms with E-state index >= 15 is 0 Å². The molecule has 12 heteroatoms. The Bertz CT molecular complexity index is 1550. The van der Waals surface area contributed by atoms with Gasteiger partial charge in [0.15, 0.2) is 0 Å². The van der Waals surface area contributed by atoms with Crippen LogP contribution in [0.5, 0.6) is 0 Å². The minimum Gasteiger partial charge on any atom is -0.379 e. The summed E-state index contributed by atoms with van der Waals surface area (Å²) in [4.78, 5) is 32.4. The van der Waals surface area contributed by atoms with Gasteiger partial charge < -0.3 is 20.1 Å². The topological polar surface area (TPSA) is 115 Å². The van der Waals surface area contributed by atoms with Gasteiger partial charge in [-0.2, -0.15) is 5.10 Å². The van der Waals surface area contributed by atoms with Crippen molar-refractivity contribution in [3.8, 4) is 11.1 Å². The molecule has 2 amide bonds. The maximum absolute atomic E-state index is 14.6. The summed E-state index contributed by atoms with van der Waals surface area (Å²) in [5.74, 6) is -1.60. The number of ether oxygens (including phenoxy) is 2. The van der Waals surface area contributed by atoms with Crippen LogP contribution in [0.3, 0.4) is 0 Å². The fraction of sp³-hybridized carbons (Fsp3) is 0.400. The predicted molar refractivity (Wildman–Crippen MR) is 156 cm³/mol. The van der Waals surface area contributed by atoms with Crippen molar-refractivity contribution in [3.05, 3.63) is 72.2 Å². The molecule has 222 valence electrons.